The Balaban J connectivity index is 2.89. The van der Waals surface area contributed by atoms with Gasteiger partial charge >= 0.3 is 0 Å². The number of rotatable bonds is 1. The van der Waals surface area contributed by atoms with Crippen molar-refractivity contribution in [1.29, 1.82) is 0 Å². The van der Waals surface area contributed by atoms with Gasteiger partial charge in [-0.3, -0.25) is 0 Å². The van der Waals surface area contributed by atoms with Crippen LogP contribution in [0.2, 0.25) is 0 Å². The van der Waals surface area contributed by atoms with Crippen molar-refractivity contribution >= 4 is 6.08 Å². The molecule has 2 heteroatoms. The Morgan fingerprint density at radius 2 is 1.70 bits per heavy atom. The predicted octanol–water partition coefficient (Wildman–Crippen LogP) is 2.77. The summed E-state index contributed by atoms with van der Waals surface area (Å²) in [4.78, 5) is 0. The van der Waals surface area contributed by atoms with Gasteiger partial charge in [0.25, 0.3) is 0 Å². The zero-order valence-electron chi connectivity index (χ0n) is 5.22. The zero-order valence-corrected chi connectivity index (χ0v) is 5.22. The molecule has 1 aromatic rings. The molecular weight excluding hydrogens is 134 g/mol. The van der Waals surface area contributed by atoms with Crippen LogP contribution in [0.15, 0.2) is 30.6 Å². The molecule has 0 aliphatic heterocycles. The average Bonchev–Trinajstić information content (AvgIpc) is 1.95. The summed E-state index contributed by atoms with van der Waals surface area (Å²) in [5.74, 6) is -0.309. The fourth-order valence-corrected chi connectivity index (χ4v) is 0.647. The van der Waals surface area contributed by atoms with Gasteiger partial charge in [-0.2, -0.15) is 0 Å². The summed E-state index contributed by atoms with van der Waals surface area (Å²) < 4.78 is 23.7. The second kappa shape index (κ2) is 3.11. The molecule has 0 bridgehead atoms. The highest BCUT2D eigenvalue weighted by atomic mass is 19.1. The van der Waals surface area contributed by atoms with Crippen molar-refractivity contribution in [3.63, 3.8) is 0 Å². The van der Waals surface area contributed by atoms with Gasteiger partial charge < -0.3 is 0 Å². The summed E-state index contributed by atoms with van der Waals surface area (Å²) in [6.07, 6.45) is 1.69. The summed E-state index contributed by atoms with van der Waals surface area (Å²) in [5.41, 5.74) is 0.656. The van der Waals surface area contributed by atoms with E-state index in [0.717, 1.165) is 0 Å². The molecule has 0 aromatic heterocycles. The van der Waals surface area contributed by atoms with Gasteiger partial charge in [-0.15, -0.1) is 0 Å². The van der Waals surface area contributed by atoms with Gasteiger partial charge in [0.15, 0.2) is 0 Å². The third kappa shape index (κ3) is 1.65. The standard InChI is InChI=1S/C8H6F2/c9-6-5-7-1-3-8(10)4-2-7/h1-6H/b6-5+. The summed E-state index contributed by atoms with van der Waals surface area (Å²) in [5, 5.41) is 0. The van der Waals surface area contributed by atoms with Crippen LogP contribution in [0.1, 0.15) is 5.56 Å². The SMILES string of the molecule is F/C=C/c1ccc(F)cc1. The van der Waals surface area contributed by atoms with Crippen molar-refractivity contribution in [3.8, 4) is 0 Å². The van der Waals surface area contributed by atoms with Crippen LogP contribution in [0, 0.1) is 5.82 Å². The first-order valence-corrected chi connectivity index (χ1v) is 2.85. The fraction of sp³-hybridized carbons (Fsp3) is 0. The molecule has 0 unspecified atom stereocenters. The quantitative estimate of drug-likeness (QED) is 0.562. The molecule has 0 aliphatic carbocycles. The Morgan fingerprint density at radius 3 is 2.20 bits per heavy atom. The van der Waals surface area contributed by atoms with E-state index in [9.17, 15) is 8.78 Å². The molecule has 0 spiro atoms. The van der Waals surface area contributed by atoms with Crippen molar-refractivity contribution < 1.29 is 8.78 Å². The number of benzene rings is 1. The molecule has 0 heterocycles. The largest absolute Gasteiger partial charge is 0.216 e. The lowest BCUT2D eigenvalue weighted by Gasteiger charge is -1.89. The first-order chi connectivity index (χ1) is 4.83. The molecule has 0 N–H and O–H groups in total. The minimum atomic E-state index is -0.309. The van der Waals surface area contributed by atoms with Crippen LogP contribution in [0.25, 0.3) is 6.08 Å². The van der Waals surface area contributed by atoms with E-state index in [1.807, 2.05) is 0 Å². The van der Waals surface area contributed by atoms with Gasteiger partial charge in [-0.25, -0.2) is 8.78 Å². The van der Waals surface area contributed by atoms with E-state index in [0.29, 0.717) is 11.9 Å². The molecule has 0 saturated heterocycles. The molecular formula is C8H6F2. The van der Waals surface area contributed by atoms with Crippen molar-refractivity contribution in [2.75, 3.05) is 0 Å². The fourth-order valence-electron chi connectivity index (χ4n) is 0.647. The Labute approximate surface area is 57.8 Å². The minimum Gasteiger partial charge on any atom is -0.216 e. The smallest absolute Gasteiger partial charge is 0.123 e. The van der Waals surface area contributed by atoms with Crippen LogP contribution in [0.5, 0.6) is 0 Å². The Hall–Kier alpha value is -1.18. The lowest BCUT2D eigenvalue weighted by Crippen LogP contribution is -1.72. The molecule has 0 atom stereocenters. The van der Waals surface area contributed by atoms with Crippen molar-refractivity contribution in [2.24, 2.45) is 0 Å². The van der Waals surface area contributed by atoms with Gasteiger partial charge in [0, 0.05) is 0 Å². The van der Waals surface area contributed by atoms with E-state index < -0.39 is 0 Å². The van der Waals surface area contributed by atoms with Gasteiger partial charge in [0.2, 0.25) is 0 Å². The highest BCUT2D eigenvalue weighted by Crippen LogP contribution is 2.03. The van der Waals surface area contributed by atoms with E-state index in [1.165, 1.54) is 30.3 Å². The van der Waals surface area contributed by atoms with Crippen molar-refractivity contribution in [1.82, 2.24) is 0 Å². The van der Waals surface area contributed by atoms with Gasteiger partial charge in [0.05, 0.1) is 6.33 Å². The monoisotopic (exact) mass is 140 g/mol. The number of halogens is 2. The topological polar surface area (TPSA) is 0 Å². The maximum Gasteiger partial charge on any atom is 0.123 e. The van der Waals surface area contributed by atoms with Crippen LogP contribution in [0.3, 0.4) is 0 Å². The number of hydrogen-bond acceptors (Lipinski definition) is 0. The Morgan fingerprint density at radius 1 is 1.10 bits per heavy atom. The highest BCUT2D eigenvalue weighted by molar-refractivity contribution is 5.47. The highest BCUT2D eigenvalue weighted by Gasteiger charge is 1.86. The maximum atomic E-state index is 12.2. The maximum absolute atomic E-state index is 12.2. The van der Waals surface area contributed by atoms with Crippen LogP contribution < -0.4 is 0 Å². The van der Waals surface area contributed by atoms with Crippen LogP contribution >= 0.6 is 0 Å². The van der Waals surface area contributed by atoms with E-state index in [4.69, 9.17) is 0 Å². The van der Waals surface area contributed by atoms with E-state index in [2.05, 4.69) is 0 Å². The molecule has 0 aliphatic rings. The molecule has 1 aromatic carbocycles. The molecule has 0 saturated carbocycles. The minimum absolute atomic E-state index is 0.309. The van der Waals surface area contributed by atoms with Gasteiger partial charge in [-0.05, 0) is 23.8 Å². The van der Waals surface area contributed by atoms with Gasteiger partial charge in [0.1, 0.15) is 5.82 Å². The average molecular weight is 140 g/mol. The molecule has 0 amide bonds. The summed E-state index contributed by atoms with van der Waals surface area (Å²) in [7, 11) is 0. The molecule has 1 rings (SSSR count). The van der Waals surface area contributed by atoms with Crippen molar-refractivity contribution in [2.45, 2.75) is 0 Å². The van der Waals surface area contributed by atoms with E-state index >= 15 is 0 Å². The lowest BCUT2D eigenvalue weighted by molar-refractivity contribution is 0.627. The predicted molar refractivity (Wildman–Crippen MR) is 36.5 cm³/mol. The van der Waals surface area contributed by atoms with Crippen LogP contribution in [0.4, 0.5) is 8.78 Å². The molecule has 52 valence electrons. The first-order valence-electron chi connectivity index (χ1n) is 2.85. The second-order valence-electron chi connectivity index (χ2n) is 1.84. The summed E-state index contributed by atoms with van der Waals surface area (Å²) >= 11 is 0. The summed E-state index contributed by atoms with van der Waals surface area (Å²) in [6.45, 7) is 0. The van der Waals surface area contributed by atoms with Gasteiger partial charge in [-0.1, -0.05) is 12.1 Å². The van der Waals surface area contributed by atoms with Crippen molar-refractivity contribution in [3.05, 3.63) is 42.0 Å². The Bertz CT molecular complexity index is 224. The van der Waals surface area contributed by atoms with E-state index in [1.54, 1.807) is 0 Å². The lowest BCUT2D eigenvalue weighted by atomic mass is 10.2. The zero-order chi connectivity index (χ0) is 7.40. The van der Waals surface area contributed by atoms with Crippen LogP contribution in [-0.2, 0) is 0 Å². The molecule has 0 nitrogen and oxygen atoms in total. The molecule has 10 heavy (non-hydrogen) atoms. The van der Waals surface area contributed by atoms with Crippen LogP contribution in [-0.4, -0.2) is 0 Å². The third-order valence-corrected chi connectivity index (χ3v) is 1.13. The summed E-state index contributed by atoms with van der Waals surface area (Å²) in [6, 6.07) is 5.58. The van der Waals surface area contributed by atoms with E-state index in [-0.39, 0.29) is 5.82 Å². The first kappa shape index (κ1) is 6.93. The number of hydrogen-bond donors (Lipinski definition) is 0. The second-order valence-corrected chi connectivity index (χ2v) is 1.84. The third-order valence-electron chi connectivity index (χ3n) is 1.13. The Kier molecular flexibility index (Phi) is 2.15. The normalized spacial score (nSPS) is 10.6. The molecule has 0 fully saturated rings. The molecule has 0 radical (unpaired) electrons.